The van der Waals surface area contributed by atoms with E-state index in [1.165, 1.54) is 12.1 Å². The van der Waals surface area contributed by atoms with Crippen molar-refractivity contribution in [1.29, 1.82) is 0 Å². The van der Waals surface area contributed by atoms with Gasteiger partial charge in [0.05, 0.1) is 17.5 Å². The van der Waals surface area contributed by atoms with Gasteiger partial charge in [0.1, 0.15) is 6.33 Å². The SMILES string of the molecule is CNC(=O)C1CCCN(Cn2cnc(-c3ccc([N+](=O)[O-])cc3)n2)C1. The summed E-state index contributed by atoms with van der Waals surface area (Å²) in [7, 11) is 1.66. The standard InChI is InChI=1S/C16H20N6O3/c1-17-16(23)13-3-2-8-20(9-13)11-21-10-18-15(19-21)12-4-6-14(7-5-12)22(24)25/h4-7,10,13H,2-3,8-9,11H2,1H3,(H,17,23). The molecule has 1 unspecified atom stereocenters. The van der Waals surface area contributed by atoms with Crippen molar-refractivity contribution in [3.8, 4) is 11.4 Å². The number of hydrogen-bond acceptors (Lipinski definition) is 6. The highest BCUT2D eigenvalue weighted by atomic mass is 16.6. The van der Waals surface area contributed by atoms with Crippen molar-refractivity contribution in [3.05, 3.63) is 40.7 Å². The number of carbonyl (C=O) groups excluding carboxylic acids is 1. The van der Waals surface area contributed by atoms with E-state index in [4.69, 9.17) is 0 Å². The number of nitro groups is 1. The van der Waals surface area contributed by atoms with E-state index in [1.807, 2.05) is 0 Å². The minimum atomic E-state index is -0.435. The number of aromatic nitrogens is 3. The van der Waals surface area contributed by atoms with E-state index >= 15 is 0 Å². The third-order valence-corrected chi connectivity index (χ3v) is 4.34. The van der Waals surface area contributed by atoms with Crippen LogP contribution in [-0.4, -0.2) is 50.6 Å². The average molecular weight is 344 g/mol. The number of rotatable bonds is 5. The fourth-order valence-electron chi connectivity index (χ4n) is 3.03. The molecule has 0 saturated carbocycles. The molecule has 1 aromatic heterocycles. The van der Waals surface area contributed by atoms with Crippen LogP contribution in [0.15, 0.2) is 30.6 Å². The van der Waals surface area contributed by atoms with Gasteiger partial charge in [-0.05, 0) is 31.5 Å². The van der Waals surface area contributed by atoms with Crippen LogP contribution in [0.5, 0.6) is 0 Å². The maximum atomic E-state index is 11.8. The van der Waals surface area contributed by atoms with Gasteiger partial charge < -0.3 is 5.32 Å². The van der Waals surface area contributed by atoms with Gasteiger partial charge in [-0.1, -0.05) is 0 Å². The lowest BCUT2D eigenvalue weighted by atomic mass is 9.97. The van der Waals surface area contributed by atoms with Gasteiger partial charge in [-0.25, -0.2) is 9.67 Å². The van der Waals surface area contributed by atoms with Crippen LogP contribution in [0.1, 0.15) is 12.8 Å². The molecule has 1 fully saturated rings. The number of benzene rings is 1. The van der Waals surface area contributed by atoms with Crippen molar-refractivity contribution in [3.63, 3.8) is 0 Å². The van der Waals surface area contributed by atoms with E-state index in [1.54, 1.807) is 30.2 Å². The second-order valence-corrected chi connectivity index (χ2v) is 6.08. The number of piperidine rings is 1. The Hall–Kier alpha value is -2.81. The van der Waals surface area contributed by atoms with Crippen molar-refractivity contribution in [2.75, 3.05) is 20.1 Å². The van der Waals surface area contributed by atoms with Crippen molar-refractivity contribution < 1.29 is 9.72 Å². The number of amides is 1. The van der Waals surface area contributed by atoms with E-state index < -0.39 is 4.92 Å². The second-order valence-electron chi connectivity index (χ2n) is 6.08. The molecule has 1 saturated heterocycles. The normalized spacial score (nSPS) is 18.0. The van der Waals surface area contributed by atoms with Gasteiger partial charge in [0, 0.05) is 31.3 Å². The van der Waals surface area contributed by atoms with E-state index in [0.717, 1.165) is 24.9 Å². The highest BCUT2D eigenvalue weighted by molar-refractivity contribution is 5.78. The van der Waals surface area contributed by atoms with Crippen molar-refractivity contribution in [2.45, 2.75) is 19.5 Å². The first-order valence-corrected chi connectivity index (χ1v) is 8.15. The topological polar surface area (TPSA) is 106 Å². The third-order valence-electron chi connectivity index (χ3n) is 4.34. The van der Waals surface area contributed by atoms with Crippen LogP contribution in [0.2, 0.25) is 0 Å². The van der Waals surface area contributed by atoms with Crippen LogP contribution in [-0.2, 0) is 11.5 Å². The molecule has 0 aliphatic carbocycles. The summed E-state index contributed by atoms with van der Waals surface area (Å²) in [4.78, 5) is 28.5. The van der Waals surface area contributed by atoms with Crippen LogP contribution in [0.3, 0.4) is 0 Å². The average Bonchev–Trinajstić information content (AvgIpc) is 3.09. The smallest absolute Gasteiger partial charge is 0.269 e. The minimum absolute atomic E-state index is 0.0106. The van der Waals surface area contributed by atoms with Crippen LogP contribution in [0.25, 0.3) is 11.4 Å². The van der Waals surface area contributed by atoms with Gasteiger partial charge in [-0.15, -0.1) is 5.10 Å². The van der Waals surface area contributed by atoms with Gasteiger partial charge in [-0.2, -0.15) is 0 Å². The molecule has 9 heteroatoms. The molecular weight excluding hydrogens is 324 g/mol. The highest BCUT2D eigenvalue weighted by Gasteiger charge is 2.25. The predicted octanol–water partition coefficient (Wildman–Crippen LogP) is 1.27. The summed E-state index contributed by atoms with van der Waals surface area (Å²) in [5.74, 6) is 0.612. The molecule has 1 amide bonds. The largest absolute Gasteiger partial charge is 0.359 e. The summed E-state index contributed by atoms with van der Waals surface area (Å²) >= 11 is 0. The zero-order valence-electron chi connectivity index (χ0n) is 14.0. The molecule has 1 aromatic carbocycles. The molecule has 132 valence electrons. The highest BCUT2D eigenvalue weighted by Crippen LogP contribution is 2.20. The molecular formula is C16H20N6O3. The number of nitrogens with one attached hydrogen (secondary N) is 1. The Bertz CT molecular complexity index is 757. The second kappa shape index (κ2) is 7.39. The number of nitro benzene ring substituents is 1. The van der Waals surface area contributed by atoms with Gasteiger partial charge in [0.2, 0.25) is 5.91 Å². The van der Waals surface area contributed by atoms with Crippen LogP contribution in [0, 0.1) is 16.0 Å². The molecule has 3 rings (SSSR count). The van der Waals surface area contributed by atoms with Crippen LogP contribution in [0.4, 0.5) is 5.69 Å². The first-order valence-electron chi connectivity index (χ1n) is 8.15. The summed E-state index contributed by atoms with van der Waals surface area (Å²) in [5, 5.41) is 17.8. The predicted molar refractivity (Wildman–Crippen MR) is 90.5 cm³/mol. The maximum Gasteiger partial charge on any atom is 0.269 e. The molecule has 2 aromatic rings. The Labute approximate surface area is 144 Å². The van der Waals surface area contributed by atoms with Crippen molar-refractivity contribution >= 4 is 11.6 Å². The van der Waals surface area contributed by atoms with Crippen LogP contribution >= 0.6 is 0 Å². The number of nitrogens with zero attached hydrogens (tertiary/aromatic N) is 5. The Kier molecular flexibility index (Phi) is 5.03. The van der Waals surface area contributed by atoms with Gasteiger partial charge in [-0.3, -0.25) is 19.8 Å². The lowest BCUT2D eigenvalue weighted by Crippen LogP contribution is -2.42. The fourth-order valence-corrected chi connectivity index (χ4v) is 3.03. The molecule has 2 heterocycles. The monoisotopic (exact) mass is 344 g/mol. The van der Waals surface area contributed by atoms with E-state index in [0.29, 0.717) is 19.0 Å². The number of carbonyl (C=O) groups is 1. The zero-order valence-corrected chi connectivity index (χ0v) is 14.0. The van der Waals surface area contributed by atoms with Gasteiger partial charge in [0.15, 0.2) is 5.82 Å². The Morgan fingerprint density at radius 3 is 2.84 bits per heavy atom. The van der Waals surface area contributed by atoms with Crippen LogP contribution < -0.4 is 5.32 Å². The van der Waals surface area contributed by atoms with E-state index in [9.17, 15) is 14.9 Å². The van der Waals surface area contributed by atoms with Gasteiger partial charge >= 0.3 is 0 Å². The maximum absolute atomic E-state index is 11.8. The molecule has 1 N–H and O–H groups in total. The quantitative estimate of drug-likeness (QED) is 0.647. The van der Waals surface area contributed by atoms with E-state index in [2.05, 4.69) is 20.3 Å². The minimum Gasteiger partial charge on any atom is -0.359 e. The molecule has 1 aliphatic rings. The molecule has 0 spiro atoms. The Morgan fingerprint density at radius 1 is 1.40 bits per heavy atom. The molecule has 1 atom stereocenters. The first kappa shape index (κ1) is 17.0. The summed E-state index contributed by atoms with van der Waals surface area (Å²) in [5.41, 5.74) is 0.767. The van der Waals surface area contributed by atoms with Gasteiger partial charge in [0.25, 0.3) is 5.69 Å². The zero-order chi connectivity index (χ0) is 17.8. The molecule has 25 heavy (non-hydrogen) atoms. The molecule has 0 bridgehead atoms. The molecule has 0 radical (unpaired) electrons. The number of likely N-dealkylation sites (tertiary alicyclic amines) is 1. The Balaban J connectivity index is 1.65. The summed E-state index contributed by atoms with van der Waals surface area (Å²) in [6.07, 6.45) is 3.52. The summed E-state index contributed by atoms with van der Waals surface area (Å²) in [6, 6.07) is 6.16. The van der Waals surface area contributed by atoms with E-state index in [-0.39, 0.29) is 17.5 Å². The summed E-state index contributed by atoms with van der Waals surface area (Å²) < 4.78 is 1.73. The lowest BCUT2D eigenvalue weighted by molar-refractivity contribution is -0.384. The summed E-state index contributed by atoms with van der Waals surface area (Å²) in [6.45, 7) is 2.18. The lowest BCUT2D eigenvalue weighted by Gasteiger charge is -2.31. The first-order chi connectivity index (χ1) is 12.1. The number of hydrogen-bond donors (Lipinski definition) is 1. The Morgan fingerprint density at radius 2 is 2.16 bits per heavy atom. The number of non-ortho nitro benzene ring substituents is 1. The fraction of sp³-hybridized carbons (Fsp3) is 0.438. The molecule has 9 nitrogen and oxygen atoms in total. The van der Waals surface area contributed by atoms with Crippen molar-refractivity contribution in [2.24, 2.45) is 5.92 Å². The van der Waals surface area contributed by atoms with Crippen molar-refractivity contribution in [1.82, 2.24) is 25.0 Å². The molecule has 1 aliphatic heterocycles. The third kappa shape index (κ3) is 4.00.